The van der Waals surface area contributed by atoms with Crippen LogP contribution in [0.25, 0.3) is 33.2 Å². The topological polar surface area (TPSA) is 70.7 Å². The first-order valence-electron chi connectivity index (χ1n) is 14.3. The Labute approximate surface area is 245 Å². The van der Waals surface area contributed by atoms with Gasteiger partial charge in [0.05, 0.1) is 12.0 Å². The van der Waals surface area contributed by atoms with Crippen LogP contribution in [0.5, 0.6) is 0 Å². The van der Waals surface area contributed by atoms with Crippen LogP contribution in [0.2, 0.25) is 0 Å². The standard InChI is InChI=1S/C38H32O4/c39-34(25-30(38(40)41)22-26-12-4-1-5-13-26)29-20-21-31(28-16-8-3-9-17-28)33(24-29)37-32-18-10-11-19-35(32)42-36(37)23-27-14-6-2-7-15-27/h1-21,24,30,34,39H,22-23,25H2,(H,40,41). The molecule has 6 aromatic rings. The summed E-state index contributed by atoms with van der Waals surface area (Å²) in [5, 5.41) is 22.4. The molecular weight excluding hydrogens is 520 g/mol. The highest BCUT2D eigenvalue weighted by Crippen LogP contribution is 2.42. The van der Waals surface area contributed by atoms with Crippen LogP contribution in [-0.2, 0) is 17.6 Å². The molecule has 2 atom stereocenters. The minimum Gasteiger partial charge on any atom is -0.481 e. The van der Waals surface area contributed by atoms with Gasteiger partial charge in [0.1, 0.15) is 11.3 Å². The average molecular weight is 553 g/mol. The first kappa shape index (κ1) is 27.3. The van der Waals surface area contributed by atoms with Gasteiger partial charge in [-0.1, -0.05) is 121 Å². The van der Waals surface area contributed by atoms with E-state index in [4.69, 9.17) is 4.42 Å². The number of aliphatic hydroxyl groups excluding tert-OH is 1. The summed E-state index contributed by atoms with van der Waals surface area (Å²) in [5.74, 6) is -0.785. The first-order valence-corrected chi connectivity index (χ1v) is 14.3. The van der Waals surface area contributed by atoms with Crippen LogP contribution in [0.4, 0.5) is 0 Å². The maximum absolute atomic E-state index is 12.2. The van der Waals surface area contributed by atoms with Gasteiger partial charge >= 0.3 is 5.97 Å². The van der Waals surface area contributed by atoms with Crippen LogP contribution in [0.1, 0.15) is 35.0 Å². The number of carboxylic acids is 1. The molecule has 208 valence electrons. The number of aliphatic hydroxyl groups is 1. The Bertz CT molecular complexity index is 1790. The van der Waals surface area contributed by atoms with Gasteiger partial charge in [0.25, 0.3) is 0 Å². The second kappa shape index (κ2) is 12.3. The normalized spacial score (nSPS) is 12.7. The molecular formula is C38H32O4. The molecule has 0 saturated heterocycles. The molecule has 0 spiro atoms. The number of carboxylic acid groups (broad SMARTS) is 1. The molecule has 2 N–H and O–H groups in total. The summed E-state index contributed by atoms with van der Waals surface area (Å²) in [5.41, 5.74) is 7.57. The summed E-state index contributed by atoms with van der Waals surface area (Å²) >= 11 is 0. The Kier molecular flexibility index (Phi) is 7.98. The third-order valence-electron chi connectivity index (χ3n) is 7.84. The van der Waals surface area contributed by atoms with E-state index in [1.165, 1.54) is 0 Å². The van der Waals surface area contributed by atoms with Crippen molar-refractivity contribution in [1.82, 2.24) is 0 Å². The van der Waals surface area contributed by atoms with Crippen molar-refractivity contribution in [3.63, 3.8) is 0 Å². The third-order valence-corrected chi connectivity index (χ3v) is 7.84. The summed E-state index contributed by atoms with van der Waals surface area (Å²) < 4.78 is 6.47. The van der Waals surface area contributed by atoms with E-state index in [9.17, 15) is 15.0 Å². The number of fused-ring (bicyclic) bond motifs is 1. The highest BCUT2D eigenvalue weighted by molar-refractivity contribution is 6.00. The van der Waals surface area contributed by atoms with Crippen molar-refractivity contribution in [2.75, 3.05) is 0 Å². The zero-order valence-corrected chi connectivity index (χ0v) is 23.2. The maximum Gasteiger partial charge on any atom is 0.306 e. The van der Waals surface area contributed by atoms with E-state index in [-0.39, 0.29) is 6.42 Å². The molecule has 4 heteroatoms. The molecule has 42 heavy (non-hydrogen) atoms. The smallest absolute Gasteiger partial charge is 0.306 e. The lowest BCUT2D eigenvalue weighted by Gasteiger charge is -2.20. The molecule has 6 rings (SSSR count). The highest BCUT2D eigenvalue weighted by Gasteiger charge is 2.25. The predicted octanol–water partition coefficient (Wildman–Crippen LogP) is 8.72. The molecule has 1 aromatic heterocycles. The monoisotopic (exact) mass is 552 g/mol. The summed E-state index contributed by atoms with van der Waals surface area (Å²) in [4.78, 5) is 12.2. The van der Waals surface area contributed by atoms with E-state index in [1.807, 2.05) is 103 Å². The van der Waals surface area contributed by atoms with Gasteiger partial charge in [-0.15, -0.1) is 0 Å². The Morgan fingerprint density at radius 2 is 1.31 bits per heavy atom. The van der Waals surface area contributed by atoms with E-state index in [2.05, 4.69) is 30.3 Å². The molecule has 0 aliphatic heterocycles. The first-order chi connectivity index (χ1) is 20.6. The lowest BCUT2D eigenvalue weighted by Crippen LogP contribution is -2.19. The fourth-order valence-corrected chi connectivity index (χ4v) is 5.72. The molecule has 1 heterocycles. The Hall–Kier alpha value is -4.93. The molecule has 0 bridgehead atoms. The van der Waals surface area contributed by atoms with Crippen LogP contribution in [-0.4, -0.2) is 16.2 Å². The minimum atomic E-state index is -0.950. The van der Waals surface area contributed by atoms with Gasteiger partial charge < -0.3 is 14.6 Å². The average Bonchev–Trinajstić information content (AvgIpc) is 3.39. The quantitative estimate of drug-likeness (QED) is 0.178. The van der Waals surface area contributed by atoms with Crippen molar-refractivity contribution in [2.24, 2.45) is 5.92 Å². The van der Waals surface area contributed by atoms with Crippen molar-refractivity contribution >= 4 is 16.9 Å². The number of hydrogen-bond donors (Lipinski definition) is 2. The van der Waals surface area contributed by atoms with Crippen molar-refractivity contribution in [1.29, 1.82) is 0 Å². The molecule has 0 aliphatic rings. The minimum absolute atomic E-state index is 0.108. The number of furan rings is 1. The Morgan fingerprint density at radius 3 is 2.00 bits per heavy atom. The summed E-state index contributed by atoms with van der Waals surface area (Å²) in [6, 6.07) is 44.0. The molecule has 2 unspecified atom stereocenters. The van der Waals surface area contributed by atoms with Gasteiger partial charge in [0, 0.05) is 17.4 Å². The van der Waals surface area contributed by atoms with Gasteiger partial charge in [-0.05, 0) is 58.4 Å². The van der Waals surface area contributed by atoms with Crippen molar-refractivity contribution in [3.05, 3.63) is 156 Å². The number of rotatable bonds is 10. The van der Waals surface area contributed by atoms with Crippen molar-refractivity contribution < 1.29 is 19.4 Å². The van der Waals surface area contributed by atoms with Crippen LogP contribution < -0.4 is 0 Å². The number of benzene rings is 5. The fourth-order valence-electron chi connectivity index (χ4n) is 5.72. The molecule has 0 amide bonds. The lowest BCUT2D eigenvalue weighted by atomic mass is 9.87. The maximum atomic E-state index is 12.2. The van der Waals surface area contributed by atoms with Crippen LogP contribution >= 0.6 is 0 Å². The SMILES string of the molecule is O=C(O)C(Cc1ccccc1)CC(O)c1ccc(-c2ccccc2)c(-c2c(Cc3ccccc3)oc3ccccc23)c1. The molecule has 0 radical (unpaired) electrons. The fraction of sp³-hybridized carbons (Fsp3) is 0.132. The van der Waals surface area contributed by atoms with E-state index in [0.717, 1.165) is 50.1 Å². The van der Waals surface area contributed by atoms with E-state index in [0.29, 0.717) is 18.4 Å². The molecule has 0 aliphatic carbocycles. The molecule has 0 saturated carbocycles. The number of aliphatic carboxylic acids is 1. The number of para-hydroxylation sites is 1. The molecule has 4 nitrogen and oxygen atoms in total. The van der Waals surface area contributed by atoms with Crippen LogP contribution in [0.3, 0.4) is 0 Å². The lowest BCUT2D eigenvalue weighted by molar-refractivity contribution is -0.142. The van der Waals surface area contributed by atoms with Crippen LogP contribution in [0, 0.1) is 5.92 Å². The Morgan fingerprint density at radius 1 is 0.690 bits per heavy atom. The van der Waals surface area contributed by atoms with E-state index in [1.54, 1.807) is 0 Å². The molecule has 0 fully saturated rings. The highest BCUT2D eigenvalue weighted by atomic mass is 16.4. The van der Waals surface area contributed by atoms with Gasteiger partial charge in [0.15, 0.2) is 0 Å². The van der Waals surface area contributed by atoms with Gasteiger partial charge in [-0.2, -0.15) is 0 Å². The second-order valence-electron chi connectivity index (χ2n) is 10.7. The summed E-state index contributed by atoms with van der Waals surface area (Å²) in [7, 11) is 0. The van der Waals surface area contributed by atoms with Crippen LogP contribution in [0.15, 0.2) is 138 Å². The van der Waals surface area contributed by atoms with Gasteiger partial charge in [-0.3, -0.25) is 4.79 Å². The van der Waals surface area contributed by atoms with Gasteiger partial charge in [-0.25, -0.2) is 0 Å². The zero-order chi connectivity index (χ0) is 28.9. The predicted molar refractivity (Wildman–Crippen MR) is 167 cm³/mol. The number of hydrogen-bond acceptors (Lipinski definition) is 3. The van der Waals surface area contributed by atoms with E-state index >= 15 is 0 Å². The third kappa shape index (κ3) is 5.90. The second-order valence-corrected chi connectivity index (χ2v) is 10.7. The molecule has 5 aromatic carbocycles. The largest absolute Gasteiger partial charge is 0.481 e. The zero-order valence-electron chi connectivity index (χ0n) is 23.2. The van der Waals surface area contributed by atoms with Crippen molar-refractivity contribution in [3.8, 4) is 22.3 Å². The van der Waals surface area contributed by atoms with E-state index < -0.39 is 18.0 Å². The number of carbonyl (C=O) groups is 1. The van der Waals surface area contributed by atoms with Gasteiger partial charge in [0.2, 0.25) is 0 Å². The van der Waals surface area contributed by atoms with Crippen molar-refractivity contribution in [2.45, 2.75) is 25.4 Å². The Balaban J connectivity index is 1.45. The summed E-state index contributed by atoms with van der Waals surface area (Å²) in [6.07, 6.45) is 0.131. The summed E-state index contributed by atoms with van der Waals surface area (Å²) in [6.45, 7) is 0.